The van der Waals surface area contributed by atoms with E-state index in [1.165, 1.54) is 25.3 Å². The third kappa shape index (κ3) is 3.70. The van der Waals surface area contributed by atoms with Gasteiger partial charge >= 0.3 is 0 Å². The number of nitro benzene ring substituents is 1. The second kappa shape index (κ2) is 6.71. The van der Waals surface area contributed by atoms with E-state index in [0.29, 0.717) is 16.9 Å². The molecule has 2 aromatic rings. The molecule has 2 rings (SSSR count). The Balaban J connectivity index is 2.24. The van der Waals surface area contributed by atoms with E-state index in [1.54, 1.807) is 24.3 Å². The van der Waals surface area contributed by atoms with Crippen LogP contribution in [0.2, 0.25) is 0 Å². The molecular weight excluding hydrogens is 274 g/mol. The van der Waals surface area contributed by atoms with Crippen LogP contribution in [0, 0.1) is 10.1 Å². The number of aromatic hydroxyl groups is 1. The minimum absolute atomic E-state index is 0.00308. The molecule has 6 nitrogen and oxygen atoms in total. The van der Waals surface area contributed by atoms with Gasteiger partial charge in [-0.15, -0.1) is 0 Å². The molecule has 0 aliphatic rings. The van der Waals surface area contributed by atoms with Crippen LogP contribution < -0.4 is 4.74 Å². The zero-order chi connectivity index (χ0) is 15.2. The predicted octanol–water partition coefficient (Wildman–Crippen LogP) is 3.03. The Labute approximate surface area is 121 Å². The minimum atomic E-state index is -0.436. The lowest BCUT2D eigenvalue weighted by Gasteiger charge is -2.11. The van der Waals surface area contributed by atoms with Crippen LogP contribution in [0.25, 0.3) is 0 Å². The number of nitrogens with zero attached hydrogens (tertiary/aromatic N) is 1. The Hall–Kier alpha value is -2.60. The molecule has 1 N–H and O–H groups in total. The number of hydrogen-bond acceptors (Lipinski definition) is 5. The van der Waals surface area contributed by atoms with E-state index in [0.717, 1.165) is 0 Å². The summed E-state index contributed by atoms with van der Waals surface area (Å²) in [6.07, 6.45) is 0. The lowest BCUT2D eigenvalue weighted by Crippen LogP contribution is -2.05. The molecule has 0 aliphatic carbocycles. The molecule has 0 saturated heterocycles. The van der Waals surface area contributed by atoms with Gasteiger partial charge in [0.15, 0.2) is 0 Å². The van der Waals surface area contributed by atoms with Crippen LogP contribution in [0.5, 0.6) is 11.5 Å². The average Bonchev–Trinajstić information content (AvgIpc) is 2.47. The van der Waals surface area contributed by atoms with Gasteiger partial charge in [-0.1, -0.05) is 12.1 Å². The monoisotopic (exact) mass is 289 g/mol. The van der Waals surface area contributed by atoms with Crippen molar-refractivity contribution in [1.29, 1.82) is 0 Å². The summed E-state index contributed by atoms with van der Waals surface area (Å²) in [4.78, 5) is 10.7. The molecule has 0 aliphatic heterocycles. The van der Waals surface area contributed by atoms with Crippen LogP contribution >= 0.6 is 0 Å². The van der Waals surface area contributed by atoms with E-state index in [1.807, 2.05) is 0 Å². The molecule has 21 heavy (non-hydrogen) atoms. The Morgan fingerprint density at radius 3 is 2.48 bits per heavy atom. The standard InChI is InChI=1S/C15H15NO5/c1-20-9-11-3-2-4-15(16(18)19)14(11)10-21-13-7-5-12(17)6-8-13/h2-8,17H,9-10H2,1H3. The zero-order valence-corrected chi connectivity index (χ0v) is 11.5. The highest BCUT2D eigenvalue weighted by Crippen LogP contribution is 2.25. The van der Waals surface area contributed by atoms with Crippen molar-refractivity contribution in [1.82, 2.24) is 0 Å². The molecule has 0 amide bonds. The highest BCUT2D eigenvalue weighted by Gasteiger charge is 2.17. The quantitative estimate of drug-likeness (QED) is 0.653. The van der Waals surface area contributed by atoms with Gasteiger partial charge in [0.05, 0.1) is 17.1 Å². The predicted molar refractivity (Wildman–Crippen MR) is 76.2 cm³/mol. The van der Waals surface area contributed by atoms with Crippen LogP contribution in [0.1, 0.15) is 11.1 Å². The molecule has 110 valence electrons. The van der Waals surface area contributed by atoms with Gasteiger partial charge in [-0.2, -0.15) is 0 Å². The van der Waals surface area contributed by atoms with Crippen LogP contribution in [0.4, 0.5) is 5.69 Å². The SMILES string of the molecule is COCc1cccc([N+](=O)[O-])c1COc1ccc(O)cc1. The second-order valence-corrected chi connectivity index (χ2v) is 4.39. The molecule has 0 spiro atoms. The smallest absolute Gasteiger partial charge is 0.276 e. The van der Waals surface area contributed by atoms with Gasteiger partial charge in [0.2, 0.25) is 0 Å². The minimum Gasteiger partial charge on any atom is -0.508 e. The maximum atomic E-state index is 11.1. The summed E-state index contributed by atoms with van der Waals surface area (Å²) >= 11 is 0. The maximum absolute atomic E-state index is 11.1. The molecular formula is C15H15NO5. The van der Waals surface area contributed by atoms with Crippen LogP contribution in [0.3, 0.4) is 0 Å². The molecule has 2 aromatic carbocycles. The summed E-state index contributed by atoms with van der Waals surface area (Å²) in [6, 6.07) is 11.0. The van der Waals surface area contributed by atoms with Gasteiger partial charge < -0.3 is 14.6 Å². The highest BCUT2D eigenvalue weighted by atomic mass is 16.6. The van der Waals surface area contributed by atoms with Gasteiger partial charge in [-0.25, -0.2) is 0 Å². The summed E-state index contributed by atoms with van der Waals surface area (Å²) < 4.78 is 10.6. The Kier molecular flexibility index (Phi) is 4.73. The van der Waals surface area contributed by atoms with Crippen molar-refractivity contribution in [3.05, 3.63) is 63.7 Å². The van der Waals surface area contributed by atoms with Gasteiger partial charge in [-0.05, 0) is 29.8 Å². The molecule has 0 aromatic heterocycles. The van der Waals surface area contributed by atoms with Crippen LogP contribution in [0.15, 0.2) is 42.5 Å². The van der Waals surface area contributed by atoms with Crippen molar-refractivity contribution < 1.29 is 19.5 Å². The molecule has 0 atom stereocenters. The normalized spacial score (nSPS) is 10.3. The van der Waals surface area contributed by atoms with Crippen molar-refractivity contribution in [2.24, 2.45) is 0 Å². The third-order valence-corrected chi connectivity index (χ3v) is 2.96. The first kappa shape index (κ1) is 14.8. The van der Waals surface area contributed by atoms with E-state index < -0.39 is 4.92 Å². The molecule has 0 unspecified atom stereocenters. The average molecular weight is 289 g/mol. The van der Waals surface area contributed by atoms with E-state index in [-0.39, 0.29) is 24.7 Å². The first-order valence-electron chi connectivity index (χ1n) is 6.27. The van der Waals surface area contributed by atoms with Crippen molar-refractivity contribution in [2.45, 2.75) is 13.2 Å². The number of benzene rings is 2. The van der Waals surface area contributed by atoms with E-state index in [9.17, 15) is 15.2 Å². The summed E-state index contributed by atoms with van der Waals surface area (Å²) in [5.74, 6) is 0.655. The van der Waals surface area contributed by atoms with Gasteiger partial charge in [0, 0.05) is 13.2 Å². The third-order valence-electron chi connectivity index (χ3n) is 2.96. The summed E-state index contributed by atoms with van der Waals surface area (Å²) in [7, 11) is 1.53. The fourth-order valence-corrected chi connectivity index (χ4v) is 1.95. The van der Waals surface area contributed by atoms with E-state index in [2.05, 4.69) is 0 Å². The Bertz CT molecular complexity index is 624. The molecule has 0 bridgehead atoms. The molecule has 0 fully saturated rings. The molecule has 0 saturated carbocycles. The fraction of sp³-hybridized carbons (Fsp3) is 0.200. The summed E-state index contributed by atoms with van der Waals surface area (Å²) in [6.45, 7) is 0.330. The Morgan fingerprint density at radius 2 is 1.86 bits per heavy atom. The van der Waals surface area contributed by atoms with Crippen molar-refractivity contribution in [3.8, 4) is 11.5 Å². The van der Waals surface area contributed by atoms with Crippen LogP contribution in [-0.2, 0) is 18.0 Å². The van der Waals surface area contributed by atoms with Crippen molar-refractivity contribution >= 4 is 5.69 Å². The zero-order valence-electron chi connectivity index (χ0n) is 11.5. The second-order valence-electron chi connectivity index (χ2n) is 4.39. The lowest BCUT2D eigenvalue weighted by molar-refractivity contribution is -0.385. The van der Waals surface area contributed by atoms with Crippen LogP contribution in [-0.4, -0.2) is 17.1 Å². The summed E-state index contributed by atoms with van der Waals surface area (Å²) in [5, 5.41) is 20.3. The number of rotatable bonds is 6. The Morgan fingerprint density at radius 1 is 1.14 bits per heavy atom. The number of methoxy groups -OCH3 is 1. The molecule has 6 heteroatoms. The largest absolute Gasteiger partial charge is 0.508 e. The molecule has 0 radical (unpaired) electrons. The lowest BCUT2D eigenvalue weighted by atomic mass is 10.1. The first-order valence-corrected chi connectivity index (χ1v) is 6.27. The fourth-order valence-electron chi connectivity index (χ4n) is 1.95. The number of hydrogen-bond donors (Lipinski definition) is 1. The molecule has 0 heterocycles. The van der Waals surface area contributed by atoms with E-state index >= 15 is 0 Å². The topological polar surface area (TPSA) is 81.8 Å². The number of nitro groups is 1. The van der Waals surface area contributed by atoms with E-state index in [4.69, 9.17) is 9.47 Å². The maximum Gasteiger partial charge on any atom is 0.276 e. The number of ether oxygens (including phenoxy) is 2. The van der Waals surface area contributed by atoms with Crippen molar-refractivity contribution in [3.63, 3.8) is 0 Å². The number of phenols is 1. The number of phenolic OH excluding ortho intramolecular Hbond substituents is 1. The van der Waals surface area contributed by atoms with Gasteiger partial charge in [0.1, 0.15) is 18.1 Å². The van der Waals surface area contributed by atoms with Gasteiger partial charge in [-0.3, -0.25) is 10.1 Å². The highest BCUT2D eigenvalue weighted by molar-refractivity contribution is 5.45. The first-order chi connectivity index (χ1) is 10.1. The van der Waals surface area contributed by atoms with Crippen molar-refractivity contribution in [2.75, 3.05) is 7.11 Å². The van der Waals surface area contributed by atoms with Gasteiger partial charge in [0.25, 0.3) is 5.69 Å². The summed E-state index contributed by atoms with van der Waals surface area (Å²) in [5.41, 5.74) is 1.20.